The number of carbonyl (C=O) groups is 2. The zero-order chi connectivity index (χ0) is 24.5. The van der Waals surface area contributed by atoms with Gasteiger partial charge in [-0.2, -0.15) is 0 Å². The molecule has 0 N–H and O–H groups in total. The van der Waals surface area contributed by atoms with Gasteiger partial charge in [-0.3, -0.25) is 9.59 Å². The van der Waals surface area contributed by atoms with Crippen LogP contribution in [0, 0.1) is 19.3 Å². The van der Waals surface area contributed by atoms with Crippen LogP contribution in [0.15, 0.2) is 89.6 Å². The Morgan fingerprint density at radius 3 is 2.00 bits per heavy atom. The fourth-order valence-corrected chi connectivity index (χ4v) is 5.97. The van der Waals surface area contributed by atoms with Crippen LogP contribution in [0.2, 0.25) is 0 Å². The Morgan fingerprint density at radius 1 is 0.743 bits per heavy atom. The number of benzene rings is 3. The molecule has 0 amide bonds. The Labute approximate surface area is 206 Å². The molecule has 3 aliphatic rings. The first-order chi connectivity index (χ1) is 16.7. The molecule has 1 heterocycles. The summed E-state index contributed by atoms with van der Waals surface area (Å²) in [6.07, 6.45) is 1.26. The minimum atomic E-state index is -0.356. The summed E-state index contributed by atoms with van der Waals surface area (Å²) in [5, 5.41) is 0. The molecular weight excluding hydrogens is 430 g/mol. The van der Waals surface area contributed by atoms with E-state index in [0.29, 0.717) is 6.42 Å². The second kappa shape index (κ2) is 7.64. The van der Waals surface area contributed by atoms with Gasteiger partial charge in [-0.1, -0.05) is 85.6 Å². The summed E-state index contributed by atoms with van der Waals surface area (Å²) in [5.41, 5.74) is 9.33. The van der Waals surface area contributed by atoms with Crippen molar-refractivity contribution in [2.75, 3.05) is 4.90 Å². The van der Waals surface area contributed by atoms with Gasteiger partial charge in [0.15, 0.2) is 11.6 Å². The van der Waals surface area contributed by atoms with E-state index in [9.17, 15) is 9.59 Å². The highest BCUT2D eigenvalue weighted by atomic mass is 16.1. The van der Waals surface area contributed by atoms with Gasteiger partial charge in [0.1, 0.15) is 0 Å². The number of hydrogen-bond acceptors (Lipinski definition) is 3. The molecule has 0 spiro atoms. The summed E-state index contributed by atoms with van der Waals surface area (Å²) in [6, 6.07) is 24.6. The van der Waals surface area contributed by atoms with Crippen LogP contribution in [0.4, 0.5) is 5.69 Å². The van der Waals surface area contributed by atoms with Gasteiger partial charge in [0, 0.05) is 46.0 Å². The second-order valence-electron chi connectivity index (χ2n) is 11.0. The van der Waals surface area contributed by atoms with Crippen LogP contribution in [0.25, 0.3) is 5.70 Å². The third kappa shape index (κ3) is 3.33. The zero-order valence-electron chi connectivity index (χ0n) is 20.7. The quantitative estimate of drug-likeness (QED) is 0.408. The van der Waals surface area contributed by atoms with Gasteiger partial charge in [-0.25, -0.2) is 0 Å². The lowest BCUT2D eigenvalue weighted by Crippen LogP contribution is -2.39. The first-order valence-electron chi connectivity index (χ1n) is 12.3. The maximum absolute atomic E-state index is 14.0. The number of carbonyl (C=O) groups excluding carboxylic acids is 2. The van der Waals surface area contributed by atoms with Gasteiger partial charge in [-0.05, 0) is 43.4 Å². The number of aryl methyl sites for hydroxylation is 2. The fourth-order valence-electron chi connectivity index (χ4n) is 5.97. The van der Waals surface area contributed by atoms with E-state index >= 15 is 0 Å². The first kappa shape index (κ1) is 21.8. The smallest absolute Gasteiger partial charge is 0.192 e. The van der Waals surface area contributed by atoms with Crippen LogP contribution in [0.5, 0.6) is 0 Å². The van der Waals surface area contributed by atoms with Gasteiger partial charge >= 0.3 is 0 Å². The van der Waals surface area contributed by atoms with Crippen LogP contribution in [0.1, 0.15) is 65.2 Å². The number of anilines is 1. The molecule has 174 valence electrons. The molecule has 3 aromatic rings. The molecule has 0 bridgehead atoms. The topological polar surface area (TPSA) is 37.4 Å². The molecule has 0 saturated heterocycles. The highest BCUT2D eigenvalue weighted by Crippen LogP contribution is 2.56. The normalized spacial score (nSPS) is 20.7. The van der Waals surface area contributed by atoms with E-state index < -0.39 is 0 Å². The fraction of sp³-hybridized carbons (Fsp3) is 0.250. The van der Waals surface area contributed by atoms with Crippen LogP contribution in [-0.2, 0) is 4.79 Å². The molecule has 0 saturated carbocycles. The standard InChI is InChI=1S/C32H29NO2/c1-19-9-13-21(14-10-19)27-28-25(17-32(3,4)18-26(28)34)33(22-15-11-20(2)12-16-22)30-23-7-5-6-8-24(23)31(35)29(27)30/h5-16,27H,17-18H2,1-4H3. The molecule has 3 aromatic carbocycles. The van der Waals surface area contributed by atoms with Crippen molar-refractivity contribution >= 4 is 23.0 Å². The van der Waals surface area contributed by atoms with Crippen molar-refractivity contribution in [2.45, 2.75) is 46.5 Å². The summed E-state index contributed by atoms with van der Waals surface area (Å²) in [4.78, 5) is 30.1. The second-order valence-corrected chi connectivity index (χ2v) is 11.0. The molecule has 2 aliphatic carbocycles. The molecule has 0 fully saturated rings. The van der Waals surface area contributed by atoms with E-state index in [0.717, 1.165) is 56.9 Å². The average molecular weight is 460 g/mol. The van der Waals surface area contributed by atoms with Crippen LogP contribution < -0.4 is 4.90 Å². The first-order valence-corrected chi connectivity index (χ1v) is 12.3. The lowest BCUT2D eigenvalue weighted by atomic mass is 9.68. The Kier molecular flexibility index (Phi) is 4.76. The van der Waals surface area contributed by atoms with Crippen molar-refractivity contribution < 1.29 is 9.59 Å². The molecule has 1 aliphatic heterocycles. The maximum atomic E-state index is 14.0. The summed E-state index contributed by atoms with van der Waals surface area (Å²) in [5.74, 6) is -0.178. The number of fused-ring (bicyclic) bond motifs is 2. The predicted molar refractivity (Wildman–Crippen MR) is 140 cm³/mol. The molecule has 3 nitrogen and oxygen atoms in total. The number of ketones is 2. The Morgan fingerprint density at radius 2 is 1.34 bits per heavy atom. The molecule has 3 heteroatoms. The highest BCUT2D eigenvalue weighted by molar-refractivity contribution is 6.25. The Bertz CT molecular complexity index is 1450. The van der Waals surface area contributed by atoms with E-state index in [2.05, 4.69) is 81.1 Å². The number of nitrogens with zero attached hydrogens (tertiary/aromatic N) is 1. The minimum Gasteiger partial charge on any atom is -0.313 e. The van der Waals surface area contributed by atoms with Crippen LogP contribution in [0.3, 0.4) is 0 Å². The SMILES string of the molecule is Cc1ccc(C2C3=C(CC(C)(C)CC3=O)N(c3ccc(C)cc3)C3=C2C(=O)c2ccccc23)cc1. The monoisotopic (exact) mass is 459 g/mol. The van der Waals surface area contributed by atoms with E-state index in [1.54, 1.807) is 0 Å². The summed E-state index contributed by atoms with van der Waals surface area (Å²) < 4.78 is 0. The van der Waals surface area contributed by atoms with E-state index in [1.807, 2.05) is 24.3 Å². The van der Waals surface area contributed by atoms with Crippen molar-refractivity contribution in [3.05, 3.63) is 117 Å². The Balaban J connectivity index is 1.69. The van der Waals surface area contributed by atoms with Gasteiger partial charge in [-0.15, -0.1) is 0 Å². The molecule has 0 radical (unpaired) electrons. The van der Waals surface area contributed by atoms with Crippen molar-refractivity contribution in [2.24, 2.45) is 5.41 Å². The lowest BCUT2D eigenvalue weighted by molar-refractivity contribution is -0.118. The van der Waals surface area contributed by atoms with Gasteiger partial charge in [0.25, 0.3) is 0 Å². The van der Waals surface area contributed by atoms with Gasteiger partial charge in [0.2, 0.25) is 0 Å². The van der Waals surface area contributed by atoms with E-state index in [1.165, 1.54) is 5.56 Å². The third-order valence-corrected chi connectivity index (χ3v) is 7.60. The summed E-state index contributed by atoms with van der Waals surface area (Å²) in [6.45, 7) is 8.47. The third-order valence-electron chi connectivity index (χ3n) is 7.60. The molecule has 1 atom stereocenters. The van der Waals surface area contributed by atoms with Crippen LogP contribution >= 0.6 is 0 Å². The van der Waals surface area contributed by atoms with Gasteiger partial charge in [0.05, 0.1) is 5.70 Å². The zero-order valence-corrected chi connectivity index (χ0v) is 20.7. The van der Waals surface area contributed by atoms with E-state index in [-0.39, 0.29) is 22.9 Å². The van der Waals surface area contributed by atoms with Crippen molar-refractivity contribution in [1.29, 1.82) is 0 Å². The molecular formula is C32H29NO2. The van der Waals surface area contributed by atoms with Gasteiger partial charge < -0.3 is 4.90 Å². The molecule has 0 aromatic heterocycles. The molecule has 35 heavy (non-hydrogen) atoms. The largest absolute Gasteiger partial charge is 0.313 e. The van der Waals surface area contributed by atoms with E-state index in [4.69, 9.17) is 0 Å². The lowest BCUT2D eigenvalue weighted by Gasteiger charge is -2.44. The number of allylic oxidation sites excluding steroid dienone is 3. The number of rotatable bonds is 2. The Hall–Kier alpha value is -3.72. The highest BCUT2D eigenvalue weighted by Gasteiger charge is 2.49. The maximum Gasteiger partial charge on any atom is 0.192 e. The number of Topliss-reactive ketones (excluding diaryl/α,β-unsaturated/α-hetero) is 2. The summed E-state index contributed by atoms with van der Waals surface area (Å²) >= 11 is 0. The van der Waals surface area contributed by atoms with Crippen LogP contribution in [-0.4, -0.2) is 11.6 Å². The van der Waals surface area contributed by atoms with Crippen molar-refractivity contribution in [3.63, 3.8) is 0 Å². The molecule has 1 unspecified atom stereocenters. The minimum absolute atomic E-state index is 0.0301. The molecule has 6 rings (SSSR count). The predicted octanol–water partition coefficient (Wildman–Crippen LogP) is 7.16. The van der Waals surface area contributed by atoms with Crippen molar-refractivity contribution in [3.8, 4) is 0 Å². The number of hydrogen-bond donors (Lipinski definition) is 0. The van der Waals surface area contributed by atoms with Crippen molar-refractivity contribution in [1.82, 2.24) is 0 Å². The summed E-state index contributed by atoms with van der Waals surface area (Å²) in [7, 11) is 0. The average Bonchev–Trinajstić information content (AvgIpc) is 3.11.